The van der Waals surface area contributed by atoms with E-state index in [-0.39, 0.29) is 6.42 Å². The molecule has 0 amide bonds. The first-order valence-electron chi connectivity index (χ1n) is 5.65. The van der Waals surface area contributed by atoms with Crippen molar-refractivity contribution in [1.29, 1.82) is 0 Å². The van der Waals surface area contributed by atoms with Gasteiger partial charge in [-0.1, -0.05) is 0 Å². The average molecular weight is 277 g/mol. The fraction of sp³-hybridized carbons (Fsp3) is 0.583. The number of nitrogens with zero attached hydrogens (tertiary/aromatic N) is 1. The van der Waals surface area contributed by atoms with Crippen molar-refractivity contribution in [3.05, 3.63) is 16.3 Å². The van der Waals surface area contributed by atoms with Gasteiger partial charge in [0.2, 0.25) is 0 Å². The van der Waals surface area contributed by atoms with Gasteiger partial charge in [-0.15, -0.1) is 11.3 Å². The fourth-order valence-electron chi connectivity index (χ4n) is 2.66. The van der Waals surface area contributed by atoms with Crippen LogP contribution in [0.25, 0.3) is 0 Å². The van der Waals surface area contributed by atoms with Gasteiger partial charge in [0.15, 0.2) is 6.29 Å². The fourth-order valence-corrected chi connectivity index (χ4v) is 3.36. The molecule has 1 aliphatic heterocycles. The van der Waals surface area contributed by atoms with Crippen LogP contribution < -0.4 is 4.90 Å². The minimum atomic E-state index is -4.18. The third kappa shape index (κ3) is 2.13. The van der Waals surface area contributed by atoms with Crippen molar-refractivity contribution in [3.8, 4) is 0 Å². The first kappa shape index (κ1) is 13.4. The van der Waals surface area contributed by atoms with Crippen LogP contribution >= 0.6 is 11.3 Å². The molecule has 1 aromatic rings. The highest BCUT2D eigenvalue weighted by Gasteiger charge is 2.55. The summed E-state index contributed by atoms with van der Waals surface area (Å²) >= 11 is 1.25. The highest BCUT2D eigenvalue weighted by atomic mass is 32.1. The normalized spacial score (nSPS) is 23.4. The molecule has 18 heavy (non-hydrogen) atoms. The maximum Gasteiger partial charge on any atom is 0.394 e. The Morgan fingerprint density at radius 1 is 1.50 bits per heavy atom. The van der Waals surface area contributed by atoms with E-state index < -0.39 is 17.6 Å². The number of alkyl halides is 3. The van der Waals surface area contributed by atoms with E-state index in [1.807, 2.05) is 0 Å². The van der Waals surface area contributed by atoms with Gasteiger partial charge < -0.3 is 4.90 Å². The molecule has 1 unspecified atom stereocenters. The lowest BCUT2D eigenvalue weighted by atomic mass is 9.88. The van der Waals surface area contributed by atoms with Gasteiger partial charge in [-0.05, 0) is 26.3 Å². The lowest BCUT2D eigenvalue weighted by molar-refractivity contribution is -0.183. The second kappa shape index (κ2) is 4.26. The predicted octanol–water partition coefficient (Wildman–Crippen LogP) is 3.73. The van der Waals surface area contributed by atoms with Crippen LogP contribution in [0.5, 0.6) is 0 Å². The van der Waals surface area contributed by atoms with Crippen LogP contribution in [-0.4, -0.2) is 24.5 Å². The first-order chi connectivity index (χ1) is 8.26. The summed E-state index contributed by atoms with van der Waals surface area (Å²) in [5.74, 6) is -1.33. The molecule has 1 saturated heterocycles. The number of carbonyl (C=O) groups is 1. The largest absolute Gasteiger partial charge is 0.394 e. The second-order valence-electron chi connectivity index (χ2n) is 5.01. The third-order valence-corrected chi connectivity index (χ3v) is 4.46. The Hall–Kier alpha value is -1.04. The van der Waals surface area contributed by atoms with Crippen molar-refractivity contribution in [2.75, 3.05) is 11.4 Å². The van der Waals surface area contributed by atoms with Crippen molar-refractivity contribution in [2.24, 2.45) is 5.92 Å². The molecule has 0 saturated carbocycles. The topological polar surface area (TPSA) is 20.3 Å². The van der Waals surface area contributed by atoms with Gasteiger partial charge in [0.1, 0.15) is 0 Å². The zero-order valence-corrected chi connectivity index (χ0v) is 10.9. The van der Waals surface area contributed by atoms with Crippen LogP contribution in [-0.2, 0) is 0 Å². The van der Waals surface area contributed by atoms with Gasteiger partial charge in [0.05, 0.1) is 10.8 Å². The van der Waals surface area contributed by atoms with Gasteiger partial charge in [0.25, 0.3) is 0 Å². The van der Waals surface area contributed by atoms with Crippen molar-refractivity contribution < 1.29 is 18.0 Å². The smallest absolute Gasteiger partial charge is 0.365 e. The summed E-state index contributed by atoms with van der Waals surface area (Å²) in [6, 6.07) is 1.65. The van der Waals surface area contributed by atoms with E-state index in [0.717, 1.165) is 6.29 Å². The summed E-state index contributed by atoms with van der Waals surface area (Å²) in [5.41, 5.74) is -0.265. The van der Waals surface area contributed by atoms with E-state index in [1.54, 1.807) is 30.2 Å². The summed E-state index contributed by atoms with van der Waals surface area (Å²) in [4.78, 5) is 12.9. The number of aldehydes is 1. The monoisotopic (exact) mass is 277 g/mol. The first-order valence-corrected chi connectivity index (χ1v) is 6.53. The lowest BCUT2D eigenvalue weighted by Gasteiger charge is -2.37. The molecule has 0 aliphatic carbocycles. The summed E-state index contributed by atoms with van der Waals surface area (Å²) < 4.78 is 38.8. The SMILES string of the molecule is CC1(C)C(C(F)(F)F)CCN1c1csc(C=O)c1. The second-order valence-corrected chi connectivity index (χ2v) is 5.96. The number of hydrogen-bond acceptors (Lipinski definition) is 3. The van der Waals surface area contributed by atoms with Crippen LogP contribution in [0, 0.1) is 5.92 Å². The van der Waals surface area contributed by atoms with Crippen molar-refractivity contribution in [3.63, 3.8) is 0 Å². The van der Waals surface area contributed by atoms with Crippen molar-refractivity contribution in [1.82, 2.24) is 0 Å². The Bertz CT molecular complexity index is 452. The van der Waals surface area contributed by atoms with Crippen molar-refractivity contribution in [2.45, 2.75) is 32.0 Å². The molecule has 6 heteroatoms. The molecule has 0 spiro atoms. The standard InChI is InChI=1S/C12H14F3NOS/c1-11(2)10(12(13,14)15)3-4-16(11)8-5-9(6-17)18-7-8/h5-7,10H,3-4H2,1-2H3. The van der Waals surface area contributed by atoms with Gasteiger partial charge in [-0.3, -0.25) is 4.79 Å². The van der Waals surface area contributed by atoms with Crippen LogP contribution in [0.2, 0.25) is 0 Å². The predicted molar refractivity (Wildman–Crippen MR) is 65.3 cm³/mol. The van der Waals surface area contributed by atoms with E-state index in [9.17, 15) is 18.0 Å². The Morgan fingerprint density at radius 2 is 2.17 bits per heavy atom. The molecule has 100 valence electrons. The zero-order chi connectivity index (χ0) is 13.6. The molecule has 1 aliphatic rings. The van der Waals surface area contributed by atoms with Crippen molar-refractivity contribution >= 4 is 23.3 Å². The molecular formula is C12H14F3NOS. The van der Waals surface area contributed by atoms with E-state index in [0.29, 0.717) is 17.1 Å². The molecule has 1 fully saturated rings. The van der Waals surface area contributed by atoms with Crippen LogP contribution in [0.4, 0.5) is 18.9 Å². The zero-order valence-electron chi connectivity index (χ0n) is 10.1. The molecule has 0 radical (unpaired) electrons. The van der Waals surface area contributed by atoms with Gasteiger partial charge in [-0.2, -0.15) is 13.2 Å². The summed E-state index contributed by atoms with van der Waals surface area (Å²) in [5, 5.41) is 1.74. The summed E-state index contributed by atoms with van der Waals surface area (Å²) in [7, 11) is 0. The maximum atomic E-state index is 12.9. The number of thiophene rings is 1. The number of carbonyl (C=O) groups excluding carboxylic acids is 1. The Labute approximate surface area is 107 Å². The Morgan fingerprint density at radius 3 is 2.61 bits per heavy atom. The van der Waals surface area contributed by atoms with Gasteiger partial charge in [0, 0.05) is 23.2 Å². The minimum Gasteiger partial charge on any atom is -0.365 e. The van der Waals surface area contributed by atoms with Crippen LogP contribution in [0.3, 0.4) is 0 Å². The molecule has 1 atom stereocenters. The lowest BCUT2D eigenvalue weighted by Crippen LogP contribution is -2.47. The quantitative estimate of drug-likeness (QED) is 0.768. The Balaban J connectivity index is 2.29. The molecule has 2 heterocycles. The molecule has 1 aromatic heterocycles. The van der Waals surface area contributed by atoms with Gasteiger partial charge in [-0.25, -0.2) is 0 Å². The molecular weight excluding hydrogens is 263 g/mol. The number of hydrogen-bond donors (Lipinski definition) is 0. The molecule has 2 nitrogen and oxygen atoms in total. The average Bonchev–Trinajstić information content (AvgIpc) is 2.79. The molecule has 2 rings (SSSR count). The Kier molecular flexibility index (Phi) is 3.17. The van der Waals surface area contributed by atoms with E-state index in [1.165, 1.54) is 11.3 Å². The van der Waals surface area contributed by atoms with E-state index in [2.05, 4.69) is 0 Å². The van der Waals surface area contributed by atoms with Crippen LogP contribution in [0.1, 0.15) is 29.9 Å². The highest BCUT2D eigenvalue weighted by molar-refractivity contribution is 7.12. The van der Waals surface area contributed by atoms with E-state index >= 15 is 0 Å². The third-order valence-electron chi connectivity index (χ3n) is 3.62. The number of anilines is 1. The molecule has 0 aromatic carbocycles. The summed E-state index contributed by atoms with van der Waals surface area (Å²) in [6.07, 6.45) is -3.36. The number of rotatable bonds is 2. The van der Waals surface area contributed by atoms with E-state index in [4.69, 9.17) is 0 Å². The molecule has 0 N–H and O–H groups in total. The van der Waals surface area contributed by atoms with Gasteiger partial charge >= 0.3 is 6.18 Å². The number of halogens is 3. The molecule has 0 bridgehead atoms. The maximum absolute atomic E-state index is 12.9. The minimum absolute atomic E-state index is 0.1000. The highest BCUT2D eigenvalue weighted by Crippen LogP contribution is 2.46. The van der Waals surface area contributed by atoms with Crippen LogP contribution in [0.15, 0.2) is 11.4 Å². The summed E-state index contributed by atoms with van der Waals surface area (Å²) in [6.45, 7) is 3.58.